The van der Waals surface area contributed by atoms with Gasteiger partial charge in [-0.25, -0.2) is 0 Å². The van der Waals surface area contributed by atoms with Crippen LogP contribution in [0.1, 0.15) is 49.9 Å². The third kappa shape index (κ3) is 3.06. The third-order valence-corrected chi connectivity index (χ3v) is 4.21. The Morgan fingerprint density at radius 2 is 2.05 bits per heavy atom. The third-order valence-electron chi connectivity index (χ3n) is 4.21. The van der Waals surface area contributed by atoms with Crippen LogP contribution in [0.25, 0.3) is 0 Å². The van der Waals surface area contributed by atoms with Gasteiger partial charge in [0.1, 0.15) is 5.75 Å². The van der Waals surface area contributed by atoms with Gasteiger partial charge in [-0.2, -0.15) is 0 Å². The average molecular weight is 262 g/mol. The van der Waals surface area contributed by atoms with Crippen molar-refractivity contribution < 1.29 is 9.90 Å². The zero-order chi connectivity index (χ0) is 14.0. The second-order valence-electron chi connectivity index (χ2n) is 6.20. The molecular formula is C15H22N2O2. The summed E-state index contributed by atoms with van der Waals surface area (Å²) in [6, 6.07) is 1.84. The van der Waals surface area contributed by atoms with Gasteiger partial charge < -0.3 is 10.0 Å². The lowest BCUT2D eigenvalue weighted by Gasteiger charge is -2.38. The zero-order valence-corrected chi connectivity index (χ0v) is 11.9. The largest absolute Gasteiger partial charge is 0.505 e. The van der Waals surface area contributed by atoms with E-state index in [2.05, 4.69) is 18.8 Å². The molecule has 1 heterocycles. The van der Waals surface area contributed by atoms with E-state index in [1.165, 1.54) is 12.4 Å². The predicted molar refractivity (Wildman–Crippen MR) is 74.0 cm³/mol. The van der Waals surface area contributed by atoms with Gasteiger partial charge in [-0.3, -0.25) is 9.78 Å². The minimum atomic E-state index is -0.121. The average Bonchev–Trinajstić information content (AvgIpc) is 2.38. The molecule has 1 aromatic heterocycles. The van der Waals surface area contributed by atoms with E-state index in [-0.39, 0.29) is 17.7 Å². The van der Waals surface area contributed by atoms with Crippen molar-refractivity contribution in [2.75, 3.05) is 7.05 Å². The van der Waals surface area contributed by atoms with E-state index < -0.39 is 0 Å². The first kappa shape index (κ1) is 13.8. The number of nitrogens with zero attached hydrogens (tertiary/aromatic N) is 2. The van der Waals surface area contributed by atoms with E-state index in [4.69, 9.17) is 0 Å². The SMILES string of the molecule is CN(C(=O)c1ccncc1O)C1CCC(C)(C)CC1. The quantitative estimate of drug-likeness (QED) is 0.891. The summed E-state index contributed by atoms with van der Waals surface area (Å²) < 4.78 is 0. The van der Waals surface area contributed by atoms with E-state index in [0.717, 1.165) is 25.7 Å². The highest BCUT2D eigenvalue weighted by Gasteiger charge is 2.31. The van der Waals surface area contributed by atoms with Crippen LogP contribution in [0.15, 0.2) is 18.5 Å². The molecule has 1 fully saturated rings. The van der Waals surface area contributed by atoms with Crippen molar-refractivity contribution in [2.24, 2.45) is 5.41 Å². The lowest BCUT2D eigenvalue weighted by molar-refractivity contribution is 0.0632. The first-order chi connectivity index (χ1) is 8.91. The second-order valence-corrected chi connectivity index (χ2v) is 6.20. The first-order valence-corrected chi connectivity index (χ1v) is 6.81. The Morgan fingerprint density at radius 3 is 2.63 bits per heavy atom. The molecule has 1 aliphatic rings. The fourth-order valence-electron chi connectivity index (χ4n) is 2.69. The number of hydrogen-bond donors (Lipinski definition) is 1. The fourth-order valence-corrected chi connectivity index (χ4v) is 2.69. The predicted octanol–water partition coefficient (Wildman–Crippen LogP) is 2.83. The Labute approximate surface area is 114 Å². The number of aromatic hydroxyl groups is 1. The minimum Gasteiger partial charge on any atom is -0.505 e. The van der Waals surface area contributed by atoms with Gasteiger partial charge >= 0.3 is 0 Å². The topological polar surface area (TPSA) is 53.4 Å². The second kappa shape index (κ2) is 5.19. The van der Waals surface area contributed by atoms with E-state index in [0.29, 0.717) is 11.0 Å². The smallest absolute Gasteiger partial charge is 0.257 e. The zero-order valence-electron chi connectivity index (χ0n) is 11.9. The Morgan fingerprint density at radius 1 is 1.42 bits per heavy atom. The van der Waals surface area contributed by atoms with Crippen molar-refractivity contribution in [3.63, 3.8) is 0 Å². The van der Waals surface area contributed by atoms with Crippen LogP contribution in [0.5, 0.6) is 5.75 Å². The number of pyridine rings is 1. The minimum absolute atomic E-state index is 0.0458. The summed E-state index contributed by atoms with van der Waals surface area (Å²) in [5.41, 5.74) is 0.724. The van der Waals surface area contributed by atoms with Crippen molar-refractivity contribution in [3.05, 3.63) is 24.0 Å². The van der Waals surface area contributed by atoms with Gasteiger partial charge in [-0.1, -0.05) is 13.8 Å². The molecular weight excluding hydrogens is 240 g/mol. The highest BCUT2D eigenvalue weighted by atomic mass is 16.3. The van der Waals surface area contributed by atoms with Gasteiger partial charge in [0.25, 0.3) is 5.91 Å². The van der Waals surface area contributed by atoms with Crippen LogP contribution < -0.4 is 0 Å². The molecule has 1 aliphatic carbocycles. The normalized spacial score (nSPS) is 19.1. The van der Waals surface area contributed by atoms with Gasteiger partial charge in [0.2, 0.25) is 0 Å². The summed E-state index contributed by atoms with van der Waals surface area (Å²) in [5.74, 6) is -0.167. The van der Waals surface area contributed by atoms with Crippen molar-refractivity contribution in [1.82, 2.24) is 9.88 Å². The molecule has 104 valence electrons. The number of amides is 1. The highest BCUT2D eigenvalue weighted by Crippen LogP contribution is 2.37. The van der Waals surface area contributed by atoms with Gasteiger partial charge in [-0.15, -0.1) is 0 Å². The van der Waals surface area contributed by atoms with Gasteiger partial charge in [0.05, 0.1) is 11.8 Å². The van der Waals surface area contributed by atoms with Gasteiger partial charge in [-0.05, 0) is 37.2 Å². The number of rotatable bonds is 2. The Bertz CT molecular complexity index is 461. The molecule has 0 aromatic carbocycles. The lowest BCUT2D eigenvalue weighted by atomic mass is 9.75. The number of hydrogen-bond acceptors (Lipinski definition) is 3. The van der Waals surface area contributed by atoms with Crippen molar-refractivity contribution in [3.8, 4) is 5.75 Å². The van der Waals surface area contributed by atoms with Crippen LogP contribution in [0.4, 0.5) is 0 Å². The van der Waals surface area contributed by atoms with E-state index in [1.54, 1.807) is 11.0 Å². The summed E-state index contributed by atoms with van der Waals surface area (Å²) in [5, 5.41) is 9.70. The molecule has 0 bridgehead atoms. The van der Waals surface area contributed by atoms with Crippen molar-refractivity contribution in [1.29, 1.82) is 0 Å². The Balaban J connectivity index is 2.06. The maximum Gasteiger partial charge on any atom is 0.257 e. The van der Waals surface area contributed by atoms with Crippen LogP contribution in [-0.4, -0.2) is 34.0 Å². The van der Waals surface area contributed by atoms with Crippen LogP contribution in [0.3, 0.4) is 0 Å². The summed E-state index contributed by atoms with van der Waals surface area (Å²) in [7, 11) is 1.82. The molecule has 1 amide bonds. The summed E-state index contributed by atoms with van der Waals surface area (Å²) in [4.78, 5) is 17.9. The molecule has 0 saturated heterocycles. The summed E-state index contributed by atoms with van der Waals surface area (Å²) in [6.07, 6.45) is 7.17. The molecule has 1 N–H and O–H groups in total. The van der Waals surface area contributed by atoms with Gasteiger partial charge in [0.15, 0.2) is 0 Å². The van der Waals surface area contributed by atoms with Crippen LogP contribution in [0, 0.1) is 5.41 Å². The van der Waals surface area contributed by atoms with Crippen LogP contribution >= 0.6 is 0 Å². The highest BCUT2D eigenvalue weighted by molar-refractivity contribution is 5.96. The van der Waals surface area contributed by atoms with Crippen LogP contribution in [0.2, 0.25) is 0 Å². The van der Waals surface area contributed by atoms with Gasteiger partial charge in [0, 0.05) is 19.3 Å². The number of carbonyl (C=O) groups excluding carboxylic acids is 1. The molecule has 0 radical (unpaired) electrons. The molecule has 0 aliphatic heterocycles. The van der Waals surface area contributed by atoms with E-state index in [1.807, 2.05) is 7.05 Å². The molecule has 0 spiro atoms. The molecule has 0 atom stereocenters. The van der Waals surface area contributed by atoms with Crippen LogP contribution in [-0.2, 0) is 0 Å². The summed E-state index contributed by atoms with van der Waals surface area (Å²) in [6.45, 7) is 4.56. The van der Waals surface area contributed by atoms with Crippen molar-refractivity contribution in [2.45, 2.75) is 45.6 Å². The molecule has 0 unspecified atom stereocenters. The molecule has 2 rings (SSSR count). The maximum absolute atomic E-state index is 12.4. The lowest BCUT2D eigenvalue weighted by Crippen LogP contribution is -2.40. The molecule has 4 heteroatoms. The Kier molecular flexibility index (Phi) is 3.78. The molecule has 1 aromatic rings. The molecule has 1 saturated carbocycles. The maximum atomic E-state index is 12.4. The van der Waals surface area contributed by atoms with E-state index in [9.17, 15) is 9.90 Å². The van der Waals surface area contributed by atoms with E-state index >= 15 is 0 Å². The summed E-state index contributed by atoms with van der Waals surface area (Å²) >= 11 is 0. The molecule has 19 heavy (non-hydrogen) atoms. The molecule has 4 nitrogen and oxygen atoms in total. The Hall–Kier alpha value is -1.58. The van der Waals surface area contributed by atoms with Crippen molar-refractivity contribution >= 4 is 5.91 Å². The number of aromatic nitrogens is 1. The number of carbonyl (C=O) groups is 1. The monoisotopic (exact) mass is 262 g/mol. The fraction of sp³-hybridized carbons (Fsp3) is 0.600. The standard InChI is InChI=1S/C15H22N2O2/c1-15(2)7-4-11(5-8-15)17(3)14(19)12-6-9-16-10-13(12)18/h6,9-11,18H,4-5,7-8H2,1-3H3. The first-order valence-electron chi connectivity index (χ1n) is 6.81.